The fourth-order valence-electron chi connectivity index (χ4n) is 2.95. The molecule has 0 aliphatic carbocycles. The first-order chi connectivity index (χ1) is 11.2. The van der Waals surface area contributed by atoms with Crippen molar-refractivity contribution in [2.24, 2.45) is 0 Å². The van der Waals surface area contributed by atoms with Crippen LogP contribution in [0.2, 0.25) is 10.0 Å². The lowest BCUT2D eigenvalue weighted by Crippen LogP contribution is -2.41. The van der Waals surface area contributed by atoms with Crippen molar-refractivity contribution in [3.05, 3.63) is 40.4 Å². The van der Waals surface area contributed by atoms with Crippen LogP contribution >= 0.6 is 23.2 Å². The van der Waals surface area contributed by atoms with E-state index in [1.165, 1.54) is 0 Å². The zero-order valence-electron chi connectivity index (χ0n) is 13.9. The highest BCUT2D eigenvalue weighted by Gasteiger charge is 2.51. The van der Waals surface area contributed by atoms with E-state index in [1.54, 1.807) is 6.07 Å². The summed E-state index contributed by atoms with van der Waals surface area (Å²) in [4.78, 5) is 0. The quantitative estimate of drug-likeness (QED) is 0.558. The summed E-state index contributed by atoms with van der Waals surface area (Å²) >= 11 is 12.4. The van der Waals surface area contributed by atoms with Gasteiger partial charge < -0.3 is 13.7 Å². The molecule has 1 saturated heterocycles. The average molecular weight is 363 g/mol. The molecule has 1 fully saturated rings. The van der Waals surface area contributed by atoms with Crippen molar-refractivity contribution in [1.29, 1.82) is 0 Å². The van der Waals surface area contributed by atoms with Gasteiger partial charge in [0.25, 0.3) is 0 Å². The number of halogens is 2. The molecule has 0 saturated carbocycles. The monoisotopic (exact) mass is 362 g/mol. The number of fused-ring (bicyclic) bond motifs is 3. The highest BCUT2D eigenvalue weighted by atomic mass is 35.5. The van der Waals surface area contributed by atoms with Gasteiger partial charge in [-0.3, -0.25) is 0 Å². The van der Waals surface area contributed by atoms with Crippen molar-refractivity contribution in [3.63, 3.8) is 0 Å². The molecule has 0 amide bonds. The number of rotatable bonds is 1. The van der Waals surface area contributed by atoms with E-state index in [0.717, 1.165) is 21.8 Å². The van der Waals surface area contributed by atoms with Crippen LogP contribution in [0.25, 0.3) is 21.9 Å². The predicted octanol–water partition coefficient (Wildman–Crippen LogP) is 5.19. The summed E-state index contributed by atoms with van der Waals surface area (Å²) in [6.07, 6.45) is 0. The molecule has 1 aliphatic heterocycles. The lowest BCUT2D eigenvalue weighted by atomic mass is 9.78. The molecular formula is C18H17BCl2O3. The van der Waals surface area contributed by atoms with Gasteiger partial charge in [0.2, 0.25) is 0 Å². The van der Waals surface area contributed by atoms with Crippen LogP contribution in [0.3, 0.4) is 0 Å². The molecule has 3 nitrogen and oxygen atoms in total. The summed E-state index contributed by atoms with van der Waals surface area (Å²) < 4.78 is 18.1. The van der Waals surface area contributed by atoms with Gasteiger partial charge in [0.15, 0.2) is 5.58 Å². The molecule has 6 heteroatoms. The maximum atomic E-state index is 6.25. The molecule has 2 aromatic carbocycles. The van der Waals surface area contributed by atoms with Crippen LogP contribution in [0.1, 0.15) is 27.7 Å². The summed E-state index contributed by atoms with van der Waals surface area (Å²) in [6, 6.07) is 9.45. The molecule has 124 valence electrons. The highest BCUT2D eigenvalue weighted by molar-refractivity contribution is 6.62. The van der Waals surface area contributed by atoms with E-state index in [9.17, 15) is 0 Å². The van der Waals surface area contributed by atoms with Gasteiger partial charge in [0.05, 0.1) is 16.2 Å². The fourth-order valence-corrected chi connectivity index (χ4v) is 3.48. The summed E-state index contributed by atoms with van der Waals surface area (Å²) in [5, 5.41) is 2.92. The zero-order chi connectivity index (χ0) is 17.3. The van der Waals surface area contributed by atoms with Crippen molar-refractivity contribution in [2.45, 2.75) is 38.9 Å². The van der Waals surface area contributed by atoms with Gasteiger partial charge in [-0.25, -0.2) is 0 Å². The Morgan fingerprint density at radius 1 is 0.875 bits per heavy atom. The van der Waals surface area contributed by atoms with E-state index < -0.39 is 7.12 Å². The van der Waals surface area contributed by atoms with E-state index in [-0.39, 0.29) is 11.2 Å². The molecule has 4 rings (SSSR count). The third-order valence-electron chi connectivity index (χ3n) is 5.04. The van der Waals surface area contributed by atoms with E-state index in [2.05, 4.69) is 0 Å². The molecular weight excluding hydrogens is 346 g/mol. The summed E-state index contributed by atoms with van der Waals surface area (Å²) in [7, 11) is -0.418. The SMILES string of the molecule is CC1(C)OB(c2ccc3oc4c(Cl)cc(Cl)cc4c3c2)OC1(C)C. The molecule has 3 aromatic rings. The topological polar surface area (TPSA) is 31.6 Å². The van der Waals surface area contributed by atoms with Gasteiger partial charge in [0, 0.05) is 15.8 Å². The maximum absolute atomic E-state index is 6.25. The molecule has 24 heavy (non-hydrogen) atoms. The van der Waals surface area contributed by atoms with Crippen LogP contribution < -0.4 is 5.46 Å². The van der Waals surface area contributed by atoms with Crippen LogP contribution in [0.15, 0.2) is 34.7 Å². The van der Waals surface area contributed by atoms with Gasteiger partial charge in [-0.15, -0.1) is 0 Å². The molecule has 0 unspecified atom stereocenters. The minimum absolute atomic E-state index is 0.377. The van der Waals surface area contributed by atoms with E-state index in [0.29, 0.717) is 15.6 Å². The molecule has 2 heterocycles. The Morgan fingerprint density at radius 3 is 2.21 bits per heavy atom. The maximum Gasteiger partial charge on any atom is 0.494 e. The Kier molecular flexibility index (Phi) is 3.49. The standard InChI is InChI=1S/C18H17BCl2O3/c1-17(2)18(3,4)24-19(23-17)10-5-6-15-12(7-10)13-8-11(20)9-14(21)16(13)22-15/h5-9H,1-4H3. The first-order valence-electron chi connectivity index (χ1n) is 7.85. The number of furan rings is 1. The first kappa shape index (κ1) is 16.3. The zero-order valence-corrected chi connectivity index (χ0v) is 15.5. The Labute approximate surface area is 150 Å². The molecule has 1 aliphatic rings. The fraction of sp³-hybridized carbons (Fsp3) is 0.333. The lowest BCUT2D eigenvalue weighted by molar-refractivity contribution is 0.00578. The van der Waals surface area contributed by atoms with Crippen LogP contribution in [-0.2, 0) is 9.31 Å². The summed E-state index contributed by atoms with van der Waals surface area (Å²) in [6.45, 7) is 8.16. The minimum atomic E-state index is -0.418. The van der Waals surface area contributed by atoms with Crippen molar-refractivity contribution in [2.75, 3.05) is 0 Å². The van der Waals surface area contributed by atoms with Crippen LogP contribution in [0.4, 0.5) is 0 Å². The van der Waals surface area contributed by atoms with E-state index in [4.69, 9.17) is 36.9 Å². The summed E-state index contributed by atoms with van der Waals surface area (Å²) in [5.41, 5.74) is 1.59. The number of hydrogen-bond acceptors (Lipinski definition) is 3. The Bertz CT molecular complexity index is 946. The average Bonchev–Trinajstić information content (AvgIpc) is 2.94. The largest absolute Gasteiger partial charge is 0.494 e. The Morgan fingerprint density at radius 2 is 1.54 bits per heavy atom. The highest BCUT2D eigenvalue weighted by Crippen LogP contribution is 2.38. The number of benzene rings is 2. The minimum Gasteiger partial charge on any atom is -0.454 e. The molecule has 0 atom stereocenters. The molecule has 0 bridgehead atoms. The normalized spacial score (nSPS) is 19.5. The smallest absolute Gasteiger partial charge is 0.454 e. The Balaban J connectivity index is 1.86. The van der Waals surface area contributed by atoms with Crippen molar-refractivity contribution >= 4 is 57.7 Å². The molecule has 0 N–H and O–H groups in total. The van der Waals surface area contributed by atoms with Gasteiger partial charge in [0.1, 0.15) is 5.58 Å². The van der Waals surface area contributed by atoms with Crippen molar-refractivity contribution in [1.82, 2.24) is 0 Å². The molecule has 0 spiro atoms. The van der Waals surface area contributed by atoms with Gasteiger partial charge >= 0.3 is 7.12 Å². The second-order valence-electron chi connectivity index (χ2n) is 7.21. The third kappa shape index (κ3) is 2.36. The third-order valence-corrected chi connectivity index (χ3v) is 5.54. The van der Waals surface area contributed by atoms with Crippen LogP contribution in [0.5, 0.6) is 0 Å². The predicted molar refractivity (Wildman–Crippen MR) is 99.5 cm³/mol. The van der Waals surface area contributed by atoms with Crippen molar-refractivity contribution < 1.29 is 13.7 Å². The van der Waals surface area contributed by atoms with E-state index in [1.807, 2.05) is 52.0 Å². The van der Waals surface area contributed by atoms with Gasteiger partial charge in [-0.05, 0) is 51.4 Å². The summed E-state index contributed by atoms with van der Waals surface area (Å²) in [5.74, 6) is 0. The van der Waals surface area contributed by atoms with Crippen LogP contribution in [0, 0.1) is 0 Å². The van der Waals surface area contributed by atoms with Crippen LogP contribution in [-0.4, -0.2) is 18.3 Å². The number of hydrogen-bond donors (Lipinski definition) is 0. The molecule has 0 radical (unpaired) electrons. The second kappa shape index (κ2) is 5.15. The van der Waals surface area contributed by atoms with Crippen molar-refractivity contribution in [3.8, 4) is 0 Å². The second-order valence-corrected chi connectivity index (χ2v) is 8.05. The molecule has 1 aromatic heterocycles. The first-order valence-corrected chi connectivity index (χ1v) is 8.60. The lowest BCUT2D eigenvalue weighted by Gasteiger charge is -2.32. The van der Waals surface area contributed by atoms with E-state index >= 15 is 0 Å². The van der Waals surface area contributed by atoms with Gasteiger partial charge in [-0.2, -0.15) is 0 Å². The Hall–Kier alpha value is -1.20. The van der Waals surface area contributed by atoms with Gasteiger partial charge in [-0.1, -0.05) is 35.3 Å².